The molecule has 4 heteroatoms. The largest absolute Gasteiger partial charge is 0.338 e. The Morgan fingerprint density at radius 3 is 2.53 bits per heavy atom. The zero-order valence-electron chi connectivity index (χ0n) is 19.7. The minimum atomic E-state index is 0.0673. The summed E-state index contributed by atoms with van der Waals surface area (Å²) in [4.78, 5) is 27.9. The zero-order chi connectivity index (χ0) is 22.7. The van der Waals surface area contributed by atoms with Crippen LogP contribution >= 0.6 is 12.6 Å². The lowest BCUT2D eigenvalue weighted by atomic mass is 9.47. The minimum absolute atomic E-state index is 0.0673. The van der Waals surface area contributed by atoms with Crippen LogP contribution in [-0.4, -0.2) is 35.4 Å². The normalized spacial score (nSPS) is 40.6. The summed E-state index contributed by atoms with van der Waals surface area (Å²) in [6, 6.07) is 8.60. The van der Waals surface area contributed by atoms with E-state index < -0.39 is 0 Å². The van der Waals surface area contributed by atoms with Crippen molar-refractivity contribution in [2.24, 2.45) is 34.5 Å². The SMILES string of the molecule is CN1C(=O)C=C[C@@]2(C)C1CC[C@@H]1[C@H]2CC[C@]2(C)C(C(=O)c3ccc(CCS)cc3)CC[C@@H]12. The number of hydrogen-bond acceptors (Lipinski definition) is 3. The molecule has 0 saturated heterocycles. The van der Waals surface area contributed by atoms with Gasteiger partial charge in [-0.2, -0.15) is 12.6 Å². The third-order valence-corrected chi connectivity index (χ3v) is 10.3. The van der Waals surface area contributed by atoms with Crippen molar-refractivity contribution in [2.75, 3.05) is 12.8 Å². The predicted molar refractivity (Wildman–Crippen MR) is 132 cm³/mol. The Labute approximate surface area is 198 Å². The van der Waals surface area contributed by atoms with Crippen molar-refractivity contribution in [3.8, 4) is 0 Å². The lowest BCUT2D eigenvalue weighted by molar-refractivity contribution is -0.138. The summed E-state index contributed by atoms with van der Waals surface area (Å²) in [5, 5.41) is 0. The number of hydrogen-bond donors (Lipinski definition) is 1. The molecule has 0 bridgehead atoms. The maximum Gasteiger partial charge on any atom is 0.246 e. The van der Waals surface area contributed by atoms with Gasteiger partial charge in [0, 0.05) is 30.0 Å². The van der Waals surface area contributed by atoms with Crippen LogP contribution in [0, 0.1) is 34.5 Å². The maximum absolute atomic E-state index is 13.6. The molecule has 1 heterocycles. The molecule has 0 aromatic heterocycles. The van der Waals surface area contributed by atoms with Crippen molar-refractivity contribution < 1.29 is 9.59 Å². The number of ketones is 1. The molecule has 1 aromatic carbocycles. The Morgan fingerprint density at radius 1 is 1.06 bits per heavy atom. The molecule has 32 heavy (non-hydrogen) atoms. The van der Waals surface area contributed by atoms with E-state index in [4.69, 9.17) is 0 Å². The van der Waals surface area contributed by atoms with E-state index in [-0.39, 0.29) is 22.7 Å². The summed E-state index contributed by atoms with van der Waals surface area (Å²) in [6.07, 6.45) is 11.8. The first kappa shape index (κ1) is 22.3. The van der Waals surface area contributed by atoms with Crippen molar-refractivity contribution in [1.82, 2.24) is 4.90 Å². The number of benzene rings is 1. The first-order chi connectivity index (χ1) is 15.3. The van der Waals surface area contributed by atoms with E-state index in [2.05, 4.69) is 44.7 Å². The molecule has 3 aliphatic carbocycles. The van der Waals surface area contributed by atoms with Gasteiger partial charge in [-0.1, -0.05) is 44.2 Å². The molecule has 1 amide bonds. The average molecular weight is 452 g/mol. The molecule has 172 valence electrons. The summed E-state index contributed by atoms with van der Waals surface area (Å²) >= 11 is 4.32. The molecular weight excluding hydrogens is 414 g/mol. The van der Waals surface area contributed by atoms with E-state index >= 15 is 0 Å². The van der Waals surface area contributed by atoms with Gasteiger partial charge in [0.05, 0.1) is 0 Å². The number of Topliss-reactive ketones (excluding diaryl/α,β-unsaturated/α-hetero) is 1. The lowest BCUT2D eigenvalue weighted by Gasteiger charge is -2.60. The van der Waals surface area contributed by atoms with Crippen LogP contribution < -0.4 is 0 Å². The summed E-state index contributed by atoms with van der Waals surface area (Å²) in [5.74, 6) is 3.37. The molecule has 4 aliphatic rings. The lowest BCUT2D eigenvalue weighted by Crippen LogP contribution is -2.59. The van der Waals surface area contributed by atoms with Gasteiger partial charge in [-0.25, -0.2) is 0 Å². The molecule has 0 radical (unpaired) electrons. The minimum Gasteiger partial charge on any atom is -0.338 e. The van der Waals surface area contributed by atoms with Gasteiger partial charge < -0.3 is 4.90 Å². The van der Waals surface area contributed by atoms with Gasteiger partial charge in [0.25, 0.3) is 0 Å². The number of carbonyl (C=O) groups excluding carboxylic acids is 2. The van der Waals surface area contributed by atoms with E-state index in [1.807, 2.05) is 30.2 Å². The van der Waals surface area contributed by atoms with Crippen LogP contribution in [0.25, 0.3) is 0 Å². The molecule has 3 nitrogen and oxygen atoms in total. The van der Waals surface area contributed by atoms with Crippen molar-refractivity contribution >= 4 is 24.3 Å². The van der Waals surface area contributed by atoms with Crippen LogP contribution in [-0.2, 0) is 11.2 Å². The van der Waals surface area contributed by atoms with Gasteiger partial charge in [-0.05, 0) is 85.5 Å². The van der Waals surface area contributed by atoms with Gasteiger partial charge in [0.15, 0.2) is 5.78 Å². The molecule has 5 rings (SSSR count). The Hall–Kier alpha value is -1.55. The molecule has 3 saturated carbocycles. The summed E-state index contributed by atoms with van der Waals surface area (Å²) in [6.45, 7) is 4.81. The van der Waals surface area contributed by atoms with Crippen molar-refractivity contribution in [3.05, 3.63) is 47.5 Å². The van der Waals surface area contributed by atoms with Gasteiger partial charge in [0.2, 0.25) is 5.91 Å². The number of thiol groups is 1. The highest BCUT2D eigenvalue weighted by molar-refractivity contribution is 7.80. The van der Waals surface area contributed by atoms with Crippen LogP contribution in [0.3, 0.4) is 0 Å². The van der Waals surface area contributed by atoms with Crippen molar-refractivity contribution in [3.63, 3.8) is 0 Å². The molecule has 1 aromatic rings. The number of nitrogens with zero attached hydrogens (tertiary/aromatic N) is 1. The topological polar surface area (TPSA) is 37.4 Å². The average Bonchev–Trinajstić information content (AvgIpc) is 3.14. The smallest absolute Gasteiger partial charge is 0.246 e. The van der Waals surface area contributed by atoms with E-state index in [0.29, 0.717) is 29.6 Å². The summed E-state index contributed by atoms with van der Waals surface area (Å²) < 4.78 is 0. The maximum atomic E-state index is 13.6. The van der Waals surface area contributed by atoms with Crippen LogP contribution in [0.1, 0.15) is 68.3 Å². The fourth-order valence-corrected chi connectivity index (χ4v) is 8.59. The highest BCUT2D eigenvalue weighted by Gasteiger charge is 2.61. The van der Waals surface area contributed by atoms with Crippen LogP contribution in [0.2, 0.25) is 0 Å². The zero-order valence-corrected chi connectivity index (χ0v) is 20.6. The van der Waals surface area contributed by atoms with Crippen molar-refractivity contribution in [1.29, 1.82) is 0 Å². The highest BCUT2D eigenvalue weighted by Crippen LogP contribution is 2.65. The molecule has 1 aliphatic heterocycles. The molecule has 0 N–H and O–H groups in total. The van der Waals surface area contributed by atoms with Crippen molar-refractivity contribution in [2.45, 2.75) is 64.8 Å². The van der Waals surface area contributed by atoms with Gasteiger partial charge in [-0.15, -0.1) is 0 Å². The van der Waals surface area contributed by atoms with E-state index in [1.54, 1.807) is 0 Å². The predicted octanol–water partition coefficient (Wildman–Crippen LogP) is 5.60. The van der Waals surface area contributed by atoms with Crippen LogP contribution in [0.4, 0.5) is 0 Å². The molecular formula is C28H37NO2S. The standard InChI is InChI=1S/C28H37NO2S/c1-27-15-12-22-20(8-11-24-28(22,2)16-13-25(30)29(24)3)21(27)9-10-23(27)26(31)19-6-4-18(5-7-19)14-17-32/h4-7,13,16,20-24,32H,8-12,14-15,17H2,1-3H3/t20-,21-,22+,23?,24?,27-,28+/m0/s1. The summed E-state index contributed by atoms with van der Waals surface area (Å²) in [5.41, 5.74) is 2.30. The number of amides is 1. The molecule has 2 unspecified atom stereocenters. The Bertz CT molecular complexity index is 939. The van der Waals surface area contributed by atoms with Gasteiger partial charge in [0.1, 0.15) is 0 Å². The van der Waals surface area contributed by atoms with Gasteiger partial charge in [-0.3, -0.25) is 9.59 Å². The second-order valence-electron chi connectivity index (χ2n) is 11.3. The van der Waals surface area contributed by atoms with Gasteiger partial charge >= 0.3 is 0 Å². The first-order valence-electron chi connectivity index (χ1n) is 12.5. The number of aryl methyl sites for hydroxylation is 1. The van der Waals surface area contributed by atoms with E-state index in [0.717, 1.165) is 37.0 Å². The highest BCUT2D eigenvalue weighted by atomic mass is 32.1. The summed E-state index contributed by atoms with van der Waals surface area (Å²) in [7, 11) is 1.98. The Morgan fingerprint density at radius 2 is 1.81 bits per heavy atom. The number of rotatable bonds is 4. The first-order valence-corrected chi connectivity index (χ1v) is 13.1. The third-order valence-electron chi connectivity index (χ3n) is 10.1. The number of fused-ring (bicyclic) bond motifs is 5. The molecule has 3 fully saturated rings. The van der Waals surface area contributed by atoms with E-state index in [1.165, 1.54) is 24.8 Å². The Balaban J connectivity index is 1.39. The van der Waals surface area contributed by atoms with E-state index in [9.17, 15) is 9.59 Å². The van der Waals surface area contributed by atoms with Crippen LogP contribution in [0.15, 0.2) is 36.4 Å². The fraction of sp³-hybridized carbons (Fsp3) is 0.643. The third kappa shape index (κ3) is 3.23. The number of likely N-dealkylation sites (N-methyl/N-ethyl adjacent to an activating group) is 1. The molecule has 0 spiro atoms. The second-order valence-corrected chi connectivity index (χ2v) is 11.8. The Kier molecular flexibility index (Phi) is 5.59. The second kappa shape index (κ2) is 8.04. The fourth-order valence-electron chi connectivity index (χ4n) is 8.34. The number of carbonyl (C=O) groups is 2. The quantitative estimate of drug-likeness (QED) is 0.478. The molecule has 7 atom stereocenters. The van der Waals surface area contributed by atoms with Crippen LogP contribution in [0.5, 0.6) is 0 Å². The monoisotopic (exact) mass is 451 g/mol.